The van der Waals surface area contributed by atoms with Crippen LogP contribution < -0.4 is 21.9 Å². The highest BCUT2D eigenvalue weighted by Gasteiger charge is 2.20. The fraction of sp³-hybridized carbons (Fsp3) is 0.545. The summed E-state index contributed by atoms with van der Waals surface area (Å²) in [5.41, 5.74) is 2.48. The number of nitrogens with two attached hydrogens (primary N) is 1. The molecule has 8 nitrogen and oxygen atoms in total. The van der Waals surface area contributed by atoms with Crippen molar-refractivity contribution in [3.8, 4) is 0 Å². The Bertz CT molecular complexity index is 453. The molecule has 19 heavy (non-hydrogen) atoms. The van der Waals surface area contributed by atoms with E-state index < -0.39 is 0 Å². The predicted molar refractivity (Wildman–Crippen MR) is 70.2 cm³/mol. The van der Waals surface area contributed by atoms with Crippen molar-refractivity contribution in [3.63, 3.8) is 0 Å². The van der Waals surface area contributed by atoms with Crippen LogP contribution in [0.25, 0.3) is 0 Å². The number of hydrogen-bond donors (Lipinski definition) is 4. The van der Waals surface area contributed by atoms with Gasteiger partial charge in [-0.2, -0.15) is 0 Å². The minimum atomic E-state index is 0.0962. The van der Waals surface area contributed by atoms with Gasteiger partial charge in [-0.3, -0.25) is 4.79 Å². The van der Waals surface area contributed by atoms with Gasteiger partial charge in [0.15, 0.2) is 5.82 Å². The van der Waals surface area contributed by atoms with E-state index in [0.29, 0.717) is 37.0 Å². The number of amides is 1. The Morgan fingerprint density at radius 2 is 2.32 bits per heavy atom. The molecule has 1 aliphatic rings. The summed E-state index contributed by atoms with van der Waals surface area (Å²) in [6, 6.07) is 1.85. The summed E-state index contributed by atoms with van der Waals surface area (Å²) in [5, 5.41) is 6.05. The molecule has 2 heterocycles. The normalized spacial score (nSPS) is 18.2. The van der Waals surface area contributed by atoms with Gasteiger partial charge >= 0.3 is 0 Å². The standard InChI is InChI=1S/C11H18N6O2/c1-19-6-10-15-8(4-9(16-10)17-12)13-5-7-2-3-11(18)14-7/h4,7H,2-3,5-6,12H2,1H3,(H,14,18)(H2,13,15,16,17). The van der Waals surface area contributed by atoms with Gasteiger partial charge < -0.3 is 20.8 Å². The zero-order valence-corrected chi connectivity index (χ0v) is 10.8. The molecule has 1 aromatic heterocycles. The average molecular weight is 266 g/mol. The molecule has 104 valence electrons. The number of rotatable bonds is 6. The van der Waals surface area contributed by atoms with Crippen LogP contribution in [0.1, 0.15) is 18.7 Å². The number of nitrogens with zero attached hydrogens (tertiary/aromatic N) is 2. The molecule has 5 N–H and O–H groups in total. The molecule has 1 amide bonds. The van der Waals surface area contributed by atoms with Crippen molar-refractivity contribution in [3.05, 3.63) is 11.9 Å². The third-order valence-corrected chi connectivity index (χ3v) is 2.81. The van der Waals surface area contributed by atoms with Crippen LogP contribution in [0.15, 0.2) is 6.07 Å². The fourth-order valence-corrected chi connectivity index (χ4v) is 1.91. The van der Waals surface area contributed by atoms with Crippen LogP contribution >= 0.6 is 0 Å². The highest BCUT2D eigenvalue weighted by atomic mass is 16.5. The molecule has 1 atom stereocenters. The molecule has 1 fully saturated rings. The Balaban J connectivity index is 1.98. The Hall–Kier alpha value is -1.93. The summed E-state index contributed by atoms with van der Waals surface area (Å²) in [7, 11) is 1.58. The minimum absolute atomic E-state index is 0.0962. The molecule has 0 bridgehead atoms. The summed E-state index contributed by atoms with van der Waals surface area (Å²) < 4.78 is 5.00. The number of carbonyl (C=O) groups excluding carboxylic acids is 1. The van der Waals surface area contributed by atoms with E-state index in [1.165, 1.54) is 0 Å². The molecule has 1 unspecified atom stereocenters. The molecule has 2 rings (SSSR count). The second kappa shape index (κ2) is 6.30. The van der Waals surface area contributed by atoms with Crippen molar-refractivity contribution in [2.24, 2.45) is 5.84 Å². The predicted octanol–water partition coefficient (Wildman–Crippen LogP) is -0.401. The summed E-state index contributed by atoms with van der Waals surface area (Å²) in [5.74, 6) is 7.15. The SMILES string of the molecule is COCc1nc(NN)cc(NCC2CCC(=O)N2)n1. The average Bonchev–Trinajstić information content (AvgIpc) is 2.82. The van der Waals surface area contributed by atoms with E-state index in [-0.39, 0.29) is 11.9 Å². The first-order valence-electron chi connectivity index (χ1n) is 6.08. The number of ether oxygens (including phenoxy) is 1. The second-order valence-electron chi connectivity index (χ2n) is 4.32. The van der Waals surface area contributed by atoms with E-state index in [1.807, 2.05) is 0 Å². The maximum Gasteiger partial charge on any atom is 0.220 e. The van der Waals surface area contributed by atoms with E-state index >= 15 is 0 Å². The van der Waals surface area contributed by atoms with Gasteiger partial charge in [-0.05, 0) is 6.42 Å². The summed E-state index contributed by atoms with van der Waals surface area (Å²) in [4.78, 5) is 19.5. The number of carbonyl (C=O) groups is 1. The van der Waals surface area contributed by atoms with E-state index in [0.717, 1.165) is 6.42 Å². The lowest BCUT2D eigenvalue weighted by Gasteiger charge is -2.13. The molecule has 0 aromatic carbocycles. The summed E-state index contributed by atoms with van der Waals surface area (Å²) >= 11 is 0. The lowest BCUT2D eigenvalue weighted by atomic mass is 10.2. The van der Waals surface area contributed by atoms with Gasteiger partial charge in [-0.1, -0.05) is 0 Å². The van der Waals surface area contributed by atoms with Crippen molar-refractivity contribution in [1.82, 2.24) is 15.3 Å². The molecular formula is C11H18N6O2. The first-order valence-corrected chi connectivity index (χ1v) is 6.08. The van der Waals surface area contributed by atoms with Crippen molar-refractivity contribution >= 4 is 17.5 Å². The Labute approximate surface area is 111 Å². The molecule has 1 aliphatic heterocycles. The van der Waals surface area contributed by atoms with Crippen LogP contribution in [0.2, 0.25) is 0 Å². The van der Waals surface area contributed by atoms with Crippen molar-refractivity contribution < 1.29 is 9.53 Å². The summed E-state index contributed by atoms with van der Waals surface area (Å²) in [6.45, 7) is 0.934. The van der Waals surface area contributed by atoms with Crippen molar-refractivity contribution in [2.45, 2.75) is 25.5 Å². The van der Waals surface area contributed by atoms with Crippen LogP contribution in [0, 0.1) is 0 Å². The first kappa shape index (κ1) is 13.5. The zero-order valence-electron chi connectivity index (χ0n) is 10.8. The minimum Gasteiger partial charge on any atom is -0.377 e. The number of aromatic nitrogens is 2. The summed E-state index contributed by atoms with van der Waals surface area (Å²) in [6.07, 6.45) is 1.42. The smallest absolute Gasteiger partial charge is 0.220 e. The number of nitrogens with one attached hydrogen (secondary N) is 3. The Morgan fingerprint density at radius 3 is 2.95 bits per heavy atom. The van der Waals surface area contributed by atoms with Crippen LogP contribution in [0.5, 0.6) is 0 Å². The fourth-order valence-electron chi connectivity index (χ4n) is 1.91. The molecule has 0 radical (unpaired) electrons. The highest BCUT2D eigenvalue weighted by molar-refractivity contribution is 5.78. The first-order chi connectivity index (χ1) is 9.21. The Kier molecular flexibility index (Phi) is 4.48. The maximum atomic E-state index is 11.1. The molecule has 8 heteroatoms. The van der Waals surface area contributed by atoms with Crippen LogP contribution in [0.4, 0.5) is 11.6 Å². The third-order valence-electron chi connectivity index (χ3n) is 2.81. The Morgan fingerprint density at radius 1 is 1.53 bits per heavy atom. The monoisotopic (exact) mass is 266 g/mol. The molecule has 0 aliphatic carbocycles. The molecule has 0 spiro atoms. The lowest BCUT2D eigenvalue weighted by Crippen LogP contribution is -2.32. The van der Waals surface area contributed by atoms with Crippen molar-refractivity contribution in [2.75, 3.05) is 24.4 Å². The van der Waals surface area contributed by atoms with Gasteiger partial charge in [0, 0.05) is 32.2 Å². The molecular weight excluding hydrogens is 248 g/mol. The van der Waals surface area contributed by atoms with Crippen LogP contribution in [-0.4, -0.2) is 35.6 Å². The second-order valence-corrected chi connectivity index (χ2v) is 4.32. The van der Waals surface area contributed by atoms with Gasteiger partial charge in [0.25, 0.3) is 0 Å². The van der Waals surface area contributed by atoms with E-state index in [2.05, 4.69) is 26.0 Å². The van der Waals surface area contributed by atoms with Gasteiger partial charge in [0.05, 0.1) is 0 Å². The quantitative estimate of drug-likeness (QED) is 0.409. The number of nitrogen functional groups attached to an aromatic ring is 1. The molecule has 1 saturated heterocycles. The largest absolute Gasteiger partial charge is 0.377 e. The number of methoxy groups -OCH3 is 1. The van der Waals surface area contributed by atoms with E-state index in [1.54, 1.807) is 13.2 Å². The van der Waals surface area contributed by atoms with Gasteiger partial charge in [0.1, 0.15) is 18.2 Å². The topological polar surface area (TPSA) is 114 Å². The zero-order chi connectivity index (χ0) is 13.7. The molecule has 0 saturated carbocycles. The maximum absolute atomic E-state index is 11.1. The molecule has 1 aromatic rings. The number of hydrazine groups is 1. The van der Waals surface area contributed by atoms with Gasteiger partial charge in [-0.25, -0.2) is 15.8 Å². The van der Waals surface area contributed by atoms with Crippen molar-refractivity contribution in [1.29, 1.82) is 0 Å². The number of anilines is 2. The highest BCUT2D eigenvalue weighted by Crippen LogP contribution is 2.12. The van der Waals surface area contributed by atoms with E-state index in [9.17, 15) is 4.79 Å². The van der Waals surface area contributed by atoms with Gasteiger partial charge in [0.2, 0.25) is 5.91 Å². The van der Waals surface area contributed by atoms with Crippen LogP contribution in [0.3, 0.4) is 0 Å². The number of hydrogen-bond acceptors (Lipinski definition) is 7. The van der Waals surface area contributed by atoms with E-state index in [4.69, 9.17) is 10.6 Å². The lowest BCUT2D eigenvalue weighted by molar-refractivity contribution is -0.119. The third kappa shape index (κ3) is 3.76. The van der Waals surface area contributed by atoms with Crippen LogP contribution in [-0.2, 0) is 16.1 Å². The van der Waals surface area contributed by atoms with Gasteiger partial charge in [-0.15, -0.1) is 0 Å².